The van der Waals surface area contributed by atoms with Gasteiger partial charge in [-0.1, -0.05) is 28.4 Å². The highest BCUT2D eigenvalue weighted by atomic mass is 35.5. The lowest BCUT2D eigenvalue weighted by Crippen LogP contribution is -1.94. The number of benzene rings is 1. The lowest BCUT2D eigenvalue weighted by molar-refractivity contribution is 0.415. The summed E-state index contributed by atoms with van der Waals surface area (Å²) in [5.74, 6) is 0.518. The maximum Gasteiger partial charge on any atom is 0.156 e. The third-order valence-corrected chi connectivity index (χ3v) is 3.40. The maximum atomic E-state index is 6.10. The molecular weight excluding hydrogens is 285 g/mol. The van der Waals surface area contributed by atoms with E-state index in [0.717, 1.165) is 30.6 Å². The van der Waals surface area contributed by atoms with Gasteiger partial charge in [-0.05, 0) is 37.5 Å². The normalized spacial score (nSPS) is 10.7. The van der Waals surface area contributed by atoms with Gasteiger partial charge in [-0.15, -0.1) is 5.10 Å². The highest BCUT2D eigenvalue weighted by Gasteiger charge is 2.09. The van der Waals surface area contributed by atoms with Crippen molar-refractivity contribution in [1.82, 2.24) is 15.0 Å². The summed E-state index contributed by atoms with van der Waals surface area (Å²) in [6.07, 6.45) is 3.57. The van der Waals surface area contributed by atoms with Crippen molar-refractivity contribution >= 4 is 23.2 Å². The minimum absolute atomic E-state index is 0.518. The molecule has 0 fully saturated rings. The number of ether oxygens (including phenoxy) is 1. The SMILES string of the molecule is CCn1cc(CCc2cc(Cl)c(OC)c(Cl)c2)nn1. The first-order chi connectivity index (χ1) is 9.13. The van der Waals surface area contributed by atoms with Crippen LogP contribution in [0.4, 0.5) is 0 Å². The molecule has 6 heteroatoms. The van der Waals surface area contributed by atoms with E-state index in [0.29, 0.717) is 15.8 Å². The molecule has 1 aromatic heterocycles. The maximum absolute atomic E-state index is 6.10. The zero-order valence-corrected chi connectivity index (χ0v) is 12.4. The molecule has 0 unspecified atom stereocenters. The van der Waals surface area contributed by atoms with Crippen molar-refractivity contribution in [1.29, 1.82) is 0 Å². The molecule has 0 aliphatic heterocycles. The molecule has 1 heterocycles. The first kappa shape index (κ1) is 14.2. The van der Waals surface area contributed by atoms with E-state index in [9.17, 15) is 0 Å². The van der Waals surface area contributed by atoms with Gasteiger partial charge in [0.25, 0.3) is 0 Å². The first-order valence-electron chi connectivity index (χ1n) is 6.05. The van der Waals surface area contributed by atoms with Crippen molar-refractivity contribution in [2.24, 2.45) is 0 Å². The molecular formula is C13H15Cl2N3O. The smallest absolute Gasteiger partial charge is 0.156 e. The Morgan fingerprint density at radius 1 is 1.21 bits per heavy atom. The predicted octanol–water partition coefficient (Wildman–Crippen LogP) is 3.40. The summed E-state index contributed by atoms with van der Waals surface area (Å²) < 4.78 is 6.93. The molecule has 102 valence electrons. The summed E-state index contributed by atoms with van der Waals surface area (Å²) in [6, 6.07) is 3.74. The topological polar surface area (TPSA) is 39.9 Å². The summed E-state index contributed by atoms with van der Waals surface area (Å²) in [5, 5.41) is 9.17. The molecule has 0 radical (unpaired) electrons. The van der Waals surface area contributed by atoms with Crippen LogP contribution in [0.25, 0.3) is 0 Å². The number of rotatable bonds is 5. The van der Waals surface area contributed by atoms with Crippen LogP contribution in [0.1, 0.15) is 18.2 Å². The van der Waals surface area contributed by atoms with Gasteiger partial charge < -0.3 is 4.74 Å². The van der Waals surface area contributed by atoms with Crippen LogP contribution < -0.4 is 4.74 Å². The largest absolute Gasteiger partial charge is 0.494 e. The molecule has 0 bridgehead atoms. The molecule has 19 heavy (non-hydrogen) atoms. The van der Waals surface area contributed by atoms with Gasteiger partial charge in [0.05, 0.1) is 22.8 Å². The highest BCUT2D eigenvalue weighted by Crippen LogP contribution is 2.34. The average molecular weight is 300 g/mol. The second-order valence-electron chi connectivity index (χ2n) is 4.16. The van der Waals surface area contributed by atoms with Gasteiger partial charge in [-0.2, -0.15) is 0 Å². The molecule has 0 atom stereocenters. The van der Waals surface area contributed by atoms with Gasteiger partial charge in [-0.25, -0.2) is 0 Å². The Labute approximate surface area is 122 Å². The molecule has 0 N–H and O–H groups in total. The Hall–Kier alpha value is -1.26. The molecule has 4 nitrogen and oxygen atoms in total. The van der Waals surface area contributed by atoms with Gasteiger partial charge in [0.15, 0.2) is 5.75 Å². The Morgan fingerprint density at radius 2 is 1.89 bits per heavy atom. The molecule has 2 rings (SSSR count). The molecule has 0 aliphatic carbocycles. The van der Waals surface area contributed by atoms with Crippen molar-refractivity contribution in [2.75, 3.05) is 7.11 Å². The molecule has 0 spiro atoms. The minimum atomic E-state index is 0.518. The summed E-state index contributed by atoms with van der Waals surface area (Å²) in [6.45, 7) is 2.86. The Morgan fingerprint density at radius 3 is 2.42 bits per heavy atom. The van der Waals surface area contributed by atoms with Crippen molar-refractivity contribution < 1.29 is 4.74 Å². The third kappa shape index (κ3) is 3.39. The fourth-order valence-corrected chi connectivity index (χ4v) is 2.52. The summed E-state index contributed by atoms with van der Waals surface area (Å²) in [7, 11) is 1.55. The number of hydrogen-bond donors (Lipinski definition) is 0. The minimum Gasteiger partial charge on any atom is -0.494 e. The Bertz CT molecular complexity index is 546. The monoisotopic (exact) mass is 299 g/mol. The number of aryl methyl sites for hydroxylation is 3. The molecule has 0 aliphatic rings. The molecule has 0 saturated heterocycles. The van der Waals surface area contributed by atoms with Crippen LogP contribution in [0.3, 0.4) is 0 Å². The molecule has 0 amide bonds. The van der Waals surface area contributed by atoms with Gasteiger partial charge in [0, 0.05) is 12.7 Å². The van der Waals surface area contributed by atoms with E-state index in [1.807, 2.05) is 29.9 Å². The fourth-order valence-electron chi connectivity index (χ4n) is 1.83. The lowest BCUT2D eigenvalue weighted by atomic mass is 10.1. The van der Waals surface area contributed by atoms with Crippen molar-refractivity contribution in [2.45, 2.75) is 26.3 Å². The van der Waals surface area contributed by atoms with Crippen LogP contribution in [0.5, 0.6) is 5.75 Å². The number of hydrogen-bond acceptors (Lipinski definition) is 3. The number of aromatic nitrogens is 3. The highest BCUT2D eigenvalue weighted by molar-refractivity contribution is 6.37. The van der Waals surface area contributed by atoms with Gasteiger partial charge in [0.1, 0.15) is 0 Å². The van der Waals surface area contributed by atoms with Crippen LogP contribution >= 0.6 is 23.2 Å². The van der Waals surface area contributed by atoms with E-state index in [1.165, 1.54) is 0 Å². The average Bonchev–Trinajstić information content (AvgIpc) is 2.84. The molecule has 1 aromatic carbocycles. The summed E-state index contributed by atoms with van der Waals surface area (Å²) in [5.41, 5.74) is 2.02. The van der Waals surface area contributed by atoms with E-state index in [2.05, 4.69) is 10.3 Å². The predicted molar refractivity (Wildman–Crippen MR) is 76.1 cm³/mol. The number of nitrogens with zero attached hydrogens (tertiary/aromatic N) is 3. The van der Waals surface area contributed by atoms with E-state index in [-0.39, 0.29) is 0 Å². The van der Waals surface area contributed by atoms with Gasteiger partial charge >= 0.3 is 0 Å². The van der Waals surface area contributed by atoms with Crippen LogP contribution in [0.15, 0.2) is 18.3 Å². The fraction of sp³-hybridized carbons (Fsp3) is 0.385. The van der Waals surface area contributed by atoms with Crippen LogP contribution in [-0.4, -0.2) is 22.1 Å². The quantitative estimate of drug-likeness (QED) is 0.849. The Kier molecular flexibility index (Phi) is 4.66. The molecule has 2 aromatic rings. The van der Waals surface area contributed by atoms with Crippen molar-refractivity contribution in [3.8, 4) is 5.75 Å². The summed E-state index contributed by atoms with van der Waals surface area (Å²) >= 11 is 12.2. The van der Waals surface area contributed by atoms with Crippen LogP contribution in [0, 0.1) is 0 Å². The zero-order chi connectivity index (χ0) is 13.8. The van der Waals surface area contributed by atoms with E-state index >= 15 is 0 Å². The summed E-state index contributed by atoms with van der Waals surface area (Å²) in [4.78, 5) is 0. The van der Waals surface area contributed by atoms with Crippen molar-refractivity contribution in [3.05, 3.63) is 39.6 Å². The lowest BCUT2D eigenvalue weighted by Gasteiger charge is -2.08. The van der Waals surface area contributed by atoms with E-state index in [1.54, 1.807) is 7.11 Å². The Balaban J connectivity index is 2.07. The first-order valence-corrected chi connectivity index (χ1v) is 6.80. The van der Waals surface area contributed by atoms with E-state index in [4.69, 9.17) is 27.9 Å². The molecule has 0 saturated carbocycles. The second kappa shape index (κ2) is 6.26. The standard InChI is InChI=1S/C13H15Cl2N3O/c1-3-18-8-10(16-17-18)5-4-9-6-11(14)13(19-2)12(15)7-9/h6-8H,3-5H2,1-2H3. The second-order valence-corrected chi connectivity index (χ2v) is 4.97. The number of halogens is 2. The van der Waals surface area contributed by atoms with Crippen molar-refractivity contribution in [3.63, 3.8) is 0 Å². The van der Waals surface area contributed by atoms with Gasteiger partial charge in [-0.3, -0.25) is 4.68 Å². The zero-order valence-electron chi connectivity index (χ0n) is 10.9. The van der Waals surface area contributed by atoms with Gasteiger partial charge in [0.2, 0.25) is 0 Å². The van der Waals surface area contributed by atoms with Crippen LogP contribution in [0.2, 0.25) is 10.0 Å². The van der Waals surface area contributed by atoms with E-state index < -0.39 is 0 Å². The number of methoxy groups -OCH3 is 1. The van der Waals surface area contributed by atoms with Crippen LogP contribution in [-0.2, 0) is 19.4 Å². The third-order valence-electron chi connectivity index (χ3n) is 2.84.